The quantitative estimate of drug-likeness (QED) is 0.861. The van der Waals surface area contributed by atoms with Crippen molar-refractivity contribution in [1.29, 1.82) is 0 Å². The summed E-state index contributed by atoms with van der Waals surface area (Å²) in [5.41, 5.74) is 4.50. The van der Waals surface area contributed by atoms with E-state index in [0.717, 1.165) is 49.5 Å². The first kappa shape index (κ1) is 16.0. The van der Waals surface area contributed by atoms with Crippen molar-refractivity contribution in [2.45, 2.75) is 39.5 Å². The lowest BCUT2D eigenvalue weighted by Crippen LogP contribution is -2.26. The monoisotopic (exact) mass is 315 g/mol. The summed E-state index contributed by atoms with van der Waals surface area (Å²) in [5, 5.41) is 3.00. The molecule has 1 aliphatic heterocycles. The van der Waals surface area contributed by atoms with E-state index in [1.165, 1.54) is 11.1 Å². The van der Waals surface area contributed by atoms with Crippen molar-refractivity contribution in [2.75, 3.05) is 19.8 Å². The first-order chi connectivity index (χ1) is 11.1. The van der Waals surface area contributed by atoms with Crippen molar-refractivity contribution in [2.24, 2.45) is 5.92 Å². The Morgan fingerprint density at radius 3 is 3.09 bits per heavy atom. The summed E-state index contributed by atoms with van der Waals surface area (Å²) in [6, 6.07) is 4.15. The number of carbonyl (C=O) groups is 1. The minimum absolute atomic E-state index is 0.0947. The number of ether oxygens (including phenoxy) is 1. The second-order valence-electron chi connectivity index (χ2n) is 6.46. The fourth-order valence-electron chi connectivity index (χ4n) is 3.03. The van der Waals surface area contributed by atoms with Crippen LogP contribution in [0.1, 0.15) is 36.2 Å². The molecule has 5 heteroatoms. The molecule has 1 atom stereocenters. The number of nitrogens with one attached hydrogen (secondary N) is 2. The van der Waals surface area contributed by atoms with Crippen LogP contribution in [0.3, 0.4) is 0 Å². The molecule has 0 aliphatic carbocycles. The first-order valence-corrected chi connectivity index (χ1v) is 8.42. The lowest BCUT2D eigenvalue weighted by molar-refractivity contribution is -0.121. The Labute approximate surface area is 136 Å². The highest BCUT2D eigenvalue weighted by molar-refractivity contribution is 5.80. The number of nitrogens with zero attached hydrogens (tertiary/aromatic N) is 1. The molecule has 1 unspecified atom stereocenters. The van der Waals surface area contributed by atoms with Gasteiger partial charge in [-0.25, -0.2) is 4.98 Å². The summed E-state index contributed by atoms with van der Waals surface area (Å²) < 4.78 is 5.34. The average Bonchev–Trinajstić information content (AvgIpc) is 3.18. The van der Waals surface area contributed by atoms with Gasteiger partial charge in [0.25, 0.3) is 0 Å². The zero-order chi connectivity index (χ0) is 16.2. The third-order valence-electron chi connectivity index (χ3n) is 4.72. The molecule has 1 fully saturated rings. The number of hydrogen-bond acceptors (Lipinski definition) is 3. The maximum absolute atomic E-state index is 11.9. The van der Waals surface area contributed by atoms with Gasteiger partial charge in [-0.05, 0) is 49.8 Å². The molecule has 1 aromatic carbocycles. The molecule has 1 aromatic heterocycles. The molecule has 23 heavy (non-hydrogen) atoms. The van der Waals surface area contributed by atoms with Crippen LogP contribution in [0, 0.1) is 19.8 Å². The van der Waals surface area contributed by atoms with Crippen LogP contribution in [0.15, 0.2) is 12.1 Å². The van der Waals surface area contributed by atoms with E-state index in [9.17, 15) is 4.79 Å². The van der Waals surface area contributed by atoms with Gasteiger partial charge in [0.2, 0.25) is 5.91 Å². The number of imidazole rings is 1. The number of H-pyrrole nitrogens is 1. The highest BCUT2D eigenvalue weighted by atomic mass is 16.5. The normalized spacial score (nSPS) is 17.7. The molecule has 0 bridgehead atoms. The van der Waals surface area contributed by atoms with Gasteiger partial charge in [0.1, 0.15) is 5.82 Å². The van der Waals surface area contributed by atoms with Crippen LogP contribution in [-0.2, 0) is 16.0 Å². The molecule has 1 aliphatic rings. The van der Waals surface area contributed by atoms with E-state index >= 15 is 0 Å². The van der Waals surface area contributed by atoms with E-state index in [1.807, 2.05) is 0 Å². The number of carbonyl (C=O) groups excluding carboxylic acids is 1. The lowest BCUT2D eigenvalue weighted by atomic mass is 10.1. The van der Waals surface area contributed by atoms with E-state index in [1.54, 1.807) is 0 Å². The molecular formula is C18H25N3O2. The highest BCUT2D eigenvalue weighted by Gasteiger charge is 2.15. The van der Waals surface area contributed by atoms with Crippen LogP contribution in [0.25, 0.3) is 11.0 Å². The van der Waals surface area contributed by atoms with E-state index in [4.69, 9.17) is 4.74 Å². The van der Waals surface area contributed by atoms with Gasteiger partial charge in [-0.3, -0.25) is 4.79 Å². The zero-order valence-electron chi connectivity index (χ0n) is 13.9. The van der Waals surface area contributed by atoms with Crippen molar-refractivity contribution >= 4 is 16.9 Å². The van der Waals surface area contributed by atoms with Crippen molar-refractivity contribution in [3.8, 4) is 0 Å². The Balaban J connectivity index is 1.47. The Kier molecular flexibility index (Phi) is 4.96. The number of fused-ring (bicyclic) bond motifs is 1. The largest absolute Gasteiger partial charge is 0.381 e. The molecule has 2 aromatic rings. The summed E-state index contributed by atoms with van der Waals surface area (Å²) in [6.45, 7) is 6.62. The Morgan fingerprint density at radius 1 is 1.43 bits per heavy atom. The van der Waals surface area contributed by atoms with Gasteiger partial charge in [-0.1, -0.05) is 6.07 Å². The number of aromatic amines is 1. The van der Waals surface area contributed by atoms with Crippen molar-refractivity contribution in [1.82, 2.24) is 15.3 Å². The lowest BCUT2D eigenvalue weighted by Gasteiger charge is -2.08. The molecule has 0 spiro atoms. The van der Waals surface area contributed by atoms with Crippen LogP contribution in [0.2, 0.25) is 0 Å². The van der Waals surface area contributed by atoms with Gasteiger partial charge in [0.15, 0.2) is 0 Å². The van der Waals surface area contributed by atoms with Crippen LogP contribution >= 0.6 is 0 Å². The minimum atomic E-state index is 0.0947. The zero-order valence-corrected chi connectivity index (χ0v) is 13.9. The third kappa shape index (κ3) is 3.91. The molecule has 0 radical (unpaired) electrons. The van der Waals surface area contributed by atoms with Crippen LogP contribution in [0.5, 0.6) is 0 Å². The summed E-state index contributed by atoms with van der Waals surface area (Å²) in [6.07, 6.45) is 3.24. The van der Waals surface area contributed by atoms with Crippen molar-refractivity contribution in [3.63, 3.8) is 0 Å². The number of rotatable bonds is 6. The maximum atomic E-state index is 11.9. The maximum Gasteiger partial charge on any atom is 0.220 e. The Morgan fingerprint density at radius 2 is 2.30 bits per heavy atom. The van der Waals surface area contributed by atoms with Gasteiger partial charge < -0.3 is 15.0 Å². The first-order valence-electron chi connectivity index (χ1n) is 8.42. The van der Waals surface area contributed by atoms with Gasteiger partial charge in [0, 0.05) is 32.6 Å². The van der Waals surface area contributed by atoms with E-state index in [2.05, 4.69) is 41.3 Å². The second-order valence-corrected chi connectivity index (χ2v) is 6.46. The van der Waals surface area contributed by atoms with Gasteiger partial charge >= 0.3 is 0 Å². The fourth-order valence-corrected chi connectivity index (χ4v) is 3.03. The Hall–Kier alpha value is -1.88. The average molecular weight is 315 g/mol. The highest BCUT2D eigenvalue weighted by Crippen LogP contribution is 2.19. The molecule has 2 heterocycles. The van der Waals surface area contributed by atoms with Crippen LogP contribution < -0.4 is 5.32 Å². The summed E-state index contributed by atoms with van der Waals surface area (Å²) in [7, 11) is 0. The predicted molar refractivity (Wildman–Crippen MR) is 90.4 cm³/mol. The SMILES string of the molecule is Cc1ccc2[nH]c(CCC(=O)NCCC3CCOC3)nc2c1C. The minimum Gasteiger partial charge on any atom is -0.381 e. The smallest absolute Gasteiger partial charge is 0.220 e. The molecular weight excluding hydrogens is 290 g/mol. The van der Waals surface area contributed by atoms with E-state index in [0.29, 0.717) is 18.8 Å². The molecule has 3 rings (SSSR count). The standard InChI is InChI=1S/C18H25N3O2/c1-12-3-4-15-18(13(12)2)21-16(20-15)5-6-17(22)19-9-7-14-8-10-23-11-14/h3-4,14H,5-11H2,1-2H3,(H,19,22)(H,20,21). The molecule has 1 amide bonds. The summed E-state index contributed by atoms with van der Waals surface area (Å²) in [5.74, 6) is 1.59. The van der Waals surface area contributed by atoms with Crippen molar-refractivity contribution < 1.29 is 9.53 Å². The van der Waals surface area contributed by atoms with E-state index in [-0.39, 0.29) is 5.91 Å². The van der Waals surface area contributed by atoms with Crippen LogP contribution in [0.4, 0.5) is 0 Å². The van der Waals surface area contributed by atoms with Crippen molar-refractivity contribution in [3.05, 3.63) is 29.1 Å². The Bertz CT molecular complexity index is 687. The third-order valence-corrected chi connectivity index (χ3v) is 4.72. The number of amides is 1. The molecule has 2 N–H and O–H groups in total. The molecule has 0 saturated carbocycles. The number of aromatic nitrogens is 2. The summed E-state index contributed by atoms with van der Waals surface area (Å²) >= 11 is 0. The molecule has 1 saturated heterocycles. The van der Waals surface area contributed by atoms with Gasteiger partial charge in [-0.2, -0.15) is 0 Å². The number of hydrogen-bond donors (Lipinski definition) is 2. The fraction of sp³-hybridized carbons (Fsp3) is 0.556. The number of benzene rings is 1. The van der Waals surface area contributed by atoms with Gasteiger partial charge in [-0.15, -0.1) is 0 Å². The van der Waals surface area contributed by atoms with Crippen LogP contribution in [-0.4, -0.2) is 35.6 Å². The topological polar surface area (TPSA) is 67.0 Å². The molecule has 5 nitrogen and oxygen atoms in total. The molecule has 124 valence electrons. The number of aryl methyl sites for hydroxylation is 3. The second kappa shape index (κ2) is 7.13. The van der Waals surface area contributed by atoms with Gasteiger partial charge in [0.05, 0.1) is 11.0 Å². The summed E-state index contributed by atoms with van der Waals surface area (Å²) in [4.78, 5) is 19.9. The predicted octanol–water partition coefficient (Wildman–Crippen LogP) is 2.66. The van der Waals surface area contributed by atoms with E-state index < -0.39 is 0 Å².